The van der Waals surface area contributed by atoms with Gasteiger partial charge in [0, 0.05) is 24.2 Å². The molecule has 0 saturated heterocycles. The van der Waals surface area contributed by atoms with Crippen molar-refractivity contribution in [1.82, 2.24) is 4.90 Å². The molecule has 0 N–H and O–H groups in total. The van der Waals surface area contributed by atoms with E-state index in [0.717, 1.165) is 44.3 Å². The monoisotopic (exact) mass is 293 g/mol. The molecule has 0 atom stereocenters. The molecular weight excluding hydrogens is 270 g/mol. The van der Waals surface area contributed by atoms with E-state index in [1.807, 2.05) is 35.2 Å². The van der Waals surface area contributed by atoms with Crippen LogP contribution in [-0.4, -0.2) is 23.9 Å². The molecule has 0 saturated carbocycles. The second kappa shape index (κ2) is 9.60. The van der Waals surface area contributed by atoms with Crippen molar-refractivity contribution in [2.45, 2.75) is 39.5 Å². The van der Waals surface area contributed by atoms with Crippen LogP contribution in [0.3, 0.4) is 0 Å². The van der Waals surface area contributed by atoms with E-state index in [-0.39, 0.29) is 5.91 Å². The zero-order valence-electron chi connectivity index (χ0n) is 12.4. The molecule has 1 aromatic rings. The van der Waals surface area contributed by atoms with Gasteiger partial charge in [-0.15, -0.1) is 0 Å². The first-order valence-electron chi connectivity index (χ1n) is 7.40. The quantitative estimate of drug-likeness (QED) is 0.632. The summed E-state index contributed by atoms with van der Waals surface area (Å²) in [4.78, 5) is 14.2. The van der Waals surface area contributed by atoms with E-state index >= 15 is 0 Å². The van der Waals surface area contributed by atoms with Gasteiger partial charge in [-0.3, -0.25) is 4.79 Å². The van der Waals surface area contributed by atoms with Crippen LogP contribution in [-0.2, 0) is 4.79 Å². The standard InChI is InChI=1S/C17H24ClNO/c1-3-5-13-19(14-6-4-2)17(20)12-9-15-7-10-16(18)11-8-15/h7-12H,3-6,13-14H2,1-2H3/b12-9+. The second-order valence-electron chi connectivity index (χ2n) is 4.92. The third-order valence-electron chi connectivity index (χ3n) is 3.16. The fourth-order valence-electron chi connectivity index (χ4n) is 1.88. The minimum Gasteiger partial charge on any atom is -0.339 e. The van der Waals surface area contributed by atoms with E-state index in [9.17, 15) is 4.79 Å². The topological polar surface area (TPSA) is 20.3 Å². The van der Waals surface area contributed by atoms with Gasteiger partial charge in [0.05, 0.1) is 0 Å². The third kappa shape index (κ3) is 6.25. The number of halogens is 1. The molecule has 0 aromatic heterocycles. The Balaban J connectivity index is 2.61. The molecule has 1 aromatic carbocycles. The Morgan fingerprint density at radius 2 is 1.65 bits per heavy atom. The maximum Gasteiger partial charge on any atom is 0.246 e. The number of rotatable bonds is 8. The van der Waals surface area contributed by atoms with Crippen LogP contribution in [0.1, 0.15) is 45.1 Å². The molecule has 0 aliphatic rings. The normalized spacial score (nSPS) is 10.9. The number of hydrogen-bond acceptors (Lipinski definition) is 1. The summed E-state index contributed by atoms with van der Waals surface area (Å²) in [7, 11) is 0. The second-order valence-corrected chi connectivity index (χ2v) is 5.35. The van der Waals surface area contributed by atoms with E-state index in [0.29, 0.717) is 5.02 Å². The highest BCUT2D eigenvalue weighted by Crippen LogP contribution is 2.11. The highest BCUT2D eigenvalue weighted by molar-refractivity contribution is 6.30. The van der Waals surface area contributed by atoms with E-state index in [2.05, 4.69) is 13.8 Å². The lowest BCUT2D eigenvalue weighted by atomic mass is 10.2. The van der Waals surface area contributed by atoms with Crippen LogP contribution < -0.4 is 0 Å². The summed E-state index contributed by atoms with van der Waals surface area (Å²) in [6, 6.07) is 7.48. The fourth-order valence-corrected chi connectivity index (χ4v) is 2.00. The molecule has 0 aliphatic carbocycles. The fraction of sp³-hybridized carbons (Fsp3) is 0.471. The van der Waals surface area contributed by atoms with Crippen molar-refractivity contribution in [3.63, 3.8) is 0 Å². The molecular formula is C17H24ClNO. The van der Waals surface area contributed by atoms with Gasteiger partial charge < -0.3 is 4.90 Å². The van der Waals surface area contributed by atoms with Gasteiger partial charge in [0.15, 0.2) is 0 Å². The summed E-state index contributed by atoms with van der Waals surface area (Å²) in [5.74, 6) is 0.0989. The summed E-state index contributed by atoms with van der Waals surface area (Å²) in [5, 5.41) is 0.709. The molecule has 1 amide bonds. The molecule has 3 heteroatoms. The van der Waals surface area contributed by atoms with Crippen LogP contribution in [0.2, 0.25) is 5.02 Å². The van der Waals surface area contributed by atoms with Crippen molar-refractivity contribution >= 4 is 23.6 Å². The predicted molar refractivity (Wildman–Crippen MR) is 86.9 cm³/mol. The summed E-state index contributed by atoms with van der Waals surface area (Å²) in [5.41, 5.74) is 0.994. The number of benzene rings is 1. The van der Waals surface area contributed by atoms with Gasteiger partial charge in [0.25, 0.3) is 0 Å². The van der Waals surface area contributed by atoms with E-state index in [1.54, 1.807) is 6.08 Å². The van der Waals surface area contributed by atoms with Gasteiger partial charge in [0.1, 0.15) is 0 Å². The van der Waals surface area contributed by atoms with Crippen molar-refractivity contribution < 1.29 is 4.79 Å². The van der Waals surface area contributed by atoms with Crippen molar-refractivity contribution in [1.29, 1.82) is 0 Å². The first-order chi connectivity index (χ1) is 9.67. The summed E-state index contributed by atoms with van der Waals surface area (Å²) >= 11 is 5.84. The summed E-state index contributed by atoms with van der Waals surface area (Å²) in [6.07, 6.45) is 7.85. The average molecular weight is 294 g/mol. The van der Waals surface area contributed by atoms with Crippen LogP contribution in [0.4, 0.5) is 0 Å². The predicted octanol–water partition coefficient (Wildman–Crippen LogP) is 4.78. The van der Waals surface area contributed by atoms with Crippen molar-refractivity contribution in [2.75, 3.05) is 13.1 Å². The largest absolute Gasteiger partial charge is 0.339 e. The first kappa shape index (κ1) is 16.8. The Bertz CT molecular complexity index is 417. The van der Waals surface area contributed by atoms with E-state index < -0.39 is 0 Å². The molecule has 0 aliphatic heterocycles. The molecule has 0 unspecified atom stereocenters. The smallest absolute Gasteiger partial charge is 0.246 e. The first-order valence-corrected chi connectivity index (χ1v) is 7.77. The Morgan fingerprint density at radius 3 is 2.15 bits per heavy atom. The number of carbonyl (C=O) groups excluding carboxylic acids is 1. The highest BCUT2D eigenvalue weighted by Gasteiger charge is 2.08. The maximum absolute atomic E-state index is 12.2. The third-order valence-corrected chi connectivity index (χ3v) is 3.42. The number of unbranched alkanes of at least 4 members (excludes halogenated alkanes) is 2. The molecule has 0 heterocycles. The molecule has 1 rings (SSSR count). The summed E-state index contributed by atoms with van der Waals surface area (Å²) < 4.78 is 0. The molecule has 20 heavy (non-hydrogen) atoms. The van der Waals surface area contributed by atoms with Crippen molar-refractivity contribution in [3.05, 3.63) is 40.9 Å². The maximum atomic E-state index is 12.2. The Labute approximate surface area is 127 Å². The van der Waals surface area contributed by atoms with Gasteiger partial charge in [-0.1, -0.05) is 50.4 Å². The minimum absolute atomic E-state index is 0.0989. The lowest BCUT2D eigenvalue weighted by Gasteiger charge is -2.20. The van der Waals surface area contributed by atoms with E-state index in [1.165, 1.54) is 0 Å². The molecule has 2 nitrogen and oxygen atoms in total. The lowest BCUT2D eigenvalue weighted by molar-refractivity contribution is -0.126. The van der Waals surface area contributed by atoms with Gasteiger partial charge in [0.2, 0.25) is 5.91 Å². The Kier molecular flexibility index (Phi) is 8.05. The van der Waals surface area contributed by atoms with Crippen LogP contribution in [0.15, 0.2) is 30.3 Å². The van der Waals surface area contributed by atoms with Crippen LogP contribution in [0, 0.1) is 0 Å². The number of amides is 1. The molecule has 0 fully saturated rings. The molecule has 110 valence electrons. The van der Waals surface area contributed by atoms with Gasteiger partial charge >= 0.3 is 0 Å². The number of nitrogens with zero attached hydrogens (tertiary/aromatic N) is 1. The summed E-state index contributed by atoms with van der Waals surface area (Å²) in [6.45, 7) is 5.98. The lowest BCUT2D eigenvalue weighted by Crippen LogP contribution is -2.31. The van der Waals surface area contributed by atoms with E-state index in [4.69, 9.17) is 11.6 Å². The zero-order chi connectivity index (χ0) is 14.8. The number of carbonyl (C=O) groups is 1. The Morgan fingerprint density at radius 1 is 1.10 bits per heavy atom. The van der Waals surface area contributed by atoms with Gasteiger partial charge in [-0.05, 0) is 36.6 Å². The van der Waals surface area contributed by atoms with Crippen molar-refractivity contribution in [3.8, 4) is 0 Å². The van der Waals surface area contributed by atoms with Gasteiger partial charge in [-0.2, -0.15) is 0 Å². The van der Waals surface area contributed by atoms with Gasteiger partial charge in [-0.25, -0.2) is 0 Å². The minimum atomic E-state index is 0.0989. The highest BCUT2D eigenvalue weighted by atomic mass is 35.5. The van der Waals surface area contributed by atoms with Crippen LogP contribution in [0.5, 0.6) is 0 Å². The SMILES string of the molecule is CCCCN(CCCC)C(=O)/C=C/c1ccc(Cl)cc1. The molecule has 0 bridgehead atoms. The zero-order valence-corrected chi connectivity index (χ0v) is 13.2. The number of hydrogen-bond donors (Lipinski definition) is 0. The van der Waals surface area contributed by atoms with Crippen LogP contribution >= 0.6 is 11.6 Å². The molecule has 0 spiro atoms. The van der Waals surface area contributed by atoms with Crippen LogP contribution in [0.25, 0.3) is 6.08 Å². The van der Waals surface area contributed by atoms with Crippen molar-refractivity contribution in [2.24, 2.45) is 0 Å². The average Bonchev–Trinajstić information content (AvgIpc) is 2.46. The molecule has 0 radical (unpaired) electrons. The Hall–Kier alpha value is -1.28.